The third-order valence-corrected chi connectivity index (χ3v) is 4.02. The molecular formula is C17H13F4N3O2S. The summed E-state index contributed by atoms with van der Waals surface area (Å²) in [7, 11) is 0. The van der Waals surface area contributed by atoms with Crippen molar-refractivity contribution >= 4 is 22.2 Å². The molecule has 1 heterocycles. The van der Waals surface area contributed by atoms with Gasteiger partial charge >= 0.3 is 13.2 Å². The van der Waals surface area contributed by atoms with Gasteiger partial charge in [0.05, 0.1) is 11.4 Å². The molecule has 0 unspecified atom stereocenters. The third-order valence-electron chi connectivity index (χ3n) is 3.26. The van der Waals surface area contributed by atoms with Crippen molar-refractivity contribution in [2.75, 3.05) is 10.9 Å². The molecule has 0 fully saturated rings. The minimum absolute atomic E-state index is 0.223. The molecule has 10 heteroatoms. The largest absolute Gasteiger partial charge is 0.435 e. The Bertz CT molecular complexity index is 878. The van der Waals surface area contributed by atoms with Gasteiger partial charge in [0.1, 0.15) is 11.5 Å². The molecule has 3 aromatic rings. The first-order valence-electron chi connectivity index (χ1n) is 7.58. The van der Waals surface area contributed by atoms with E-state index in [-0.39, 0.29) is 17.1 Å². The van der Waals surface area contributed by atoms with Crippen LogP contribution in [0.1, 0.15) is 0 Å². The SMILES string of the molecule is FC(F)Oc1ccc(-c2csc(NNc3ccccc3)n2)c(OC(F)F)c1. The molecule has 0 saturated carbocycles. The number of hydrazine groups is 1. The van der Waals surface area contributed by atoms with E-state index in [0.29, 0.717) is 10.8 Å². The van der Waals surface area contributed by atoms with Gasteiger partial charge in [0, 0.05) is 17.0 Å². The highest BCUT2D eigenvalue weighted by Gasteiger charge is 2.16. The Hall–Kier alpha value is -3.01. The van der Waals surface area contributed by atoms with Gasteiger partial charge in [-0.15, -0.1) is 11.3 Å². The highest BCUT2D eigenvalue weighted by atomic mass is 32.1. The van der Waals surface area contributed by atoms with E-state index in [1.54, 1.807) is 5.38 Å². The maximum Gasteiger partial charge on any atom is 0.387 e. The first-order chi connectivity index (χ1) is 13.0. The molecule has 0 saturated heterocycles. The lowest BCUT2D eigenvalue weighted by molar-refractivity contribution is -0.0540. The van der Waals surface area contributed by atoms with Gasteiger partial charge < -0.3 is 9.47 Å². The number of nitrogens with zero attached hydrogens (tertiary/aromatic N) is 1. The summed E-state index contributed by atoms with van der Waals surface area (Å²) in [5.41, 5.74) is 7.22. The molecule has 0 atom stereocenters. The summed E-state index contributed by atoms with van der Waals surface area (Å²) < 4.78 is 58.7. The fraction of sp³-hybridized carbons (Fsp3) is 0.118. The van der Waals surface area contributed by atoms with Crippen LogP contribution >= 0.6 is 11.3 Å². The number of benzene rings is 2. The van der Waals surface area contributed by atoms with E-state index >= 15 is 0 Å². The average molecular weight is 399 g/mol. The summed E-state index contributed by atoms with van der Waals surface area (Å²) in [6.07, 6.45) is 0. The highest BCUT2D eigenvalue weighted by molar-refractivity contribution is 7.14. The molecule has 0 radical (unpaired) electrons. The standard InChI is InChI=1S/C17H13F4N3O2S/c18-15(19)25-11-6-7-12(14(8-11)26-16(20)21)13-9-27-17(22-13)24-23-10-4-2-1-3-5-10/h1-9,15-16,23H,(H,22,24). The number of halogens is 4. The van der Waals surface area contributed by atoms with Crippen molar-refractivity contribution in [2.45, 2.75) is 13.2 Å². The number of hydrogen-bond acceptors (Lipinski definition) is 6. The Morgan fingerprint density at radius 2 is 1.63 bits per heavy atom. The molecule has 1 aromatic heterocycles. The molecule has 0 aliphatic carbocycles. The van der Waals surface area contributed by atoms with Crippen LogP contribution in [0.5, 0.6) is 11.5 Å². The number of aromatic nitrogens is 1. The summed E-state index contributed by atoms with van der Waals surface area (Å²) in [6, 6.07) is 12.8. The number of thiazole rings is 1. The molecule has 142 valence electrons. The fourth-order valence-electron chi connectivity index (χ4n) is 2.19. The monoisotopic (exact) mass is 399 g/mol. The van der Waals surface area contributed by atoms with E-state index in [1.807, 2.05) is 30.3 Å². The summed E-state index contributed by atoms with van der Waals surface area (Å²) >= 11 is 1.23. The number of anilines is 2. The fourth-order valence-corrected chi connectivity index (χ4v) is 2.85. The summed E-state index contributed by atoms with van der Waals surface area (Å²) in [5, 5.41) is 2.10. The van der Waals surface area contributed by atoms with E-state index < -0.39 is 13.2 Å². The minimum atomic E-state index is -3.12. The van der Waals surface area contributed by atoms with E-state index in [0.717, 1.165) is 11.8 Å². The highest BCUT2D eigenvalue weighted by Crippen LogP contribution is 2.36. The van der Waals surface area contributed by atoms with Gasteiger partial charge in [-0.25, -0.2) is 4.98 Å². The molecule has 2 N–H and O–H groups in total. The maximum atomic E-state index is 12.7. The van der Waals surface area contributed by atoms with E-state index in [9.17, 15) is 17.6 Å². The van der Waals surface area contributed by atoms with E-state index in [1.165, 1.54) is 23.5 Å². The number of alkyl halides is 4. The first-order valence-corrected chi connectivity index (χ1v) is 8.46. The molecule has 0 spiro atoms. The van der Waals surface area contributed by atoms with Crippen molar-refractivity contribution in [3.05, 3.63) is 53.9 Å². The summed E-state index contributed by atoms with van der Waals surface area (Å²) in [5.74, 6) is -0.597. The summed E-state index contributed by atoms with van der Waals surface area (Å²) in [6.45, 7) is -6.20. The molecule has 0 aliphatic rings. The van der Waals surface area contributed by atoms with Crippen molar-refractivity contribution in [3.8, 4) is 22.8 Å². The van der Waals surface area contributed by atoms with Crippen LogP contribution in [0.25, 0.3) is 11.3 Å². The average Bonchev–Trinajstić information content (AvgIpc) is 3.09. The molecule has 2 aromatic carbocycles. The smallest absolute Gasteiger partial charge is 0.387 e. The number of para-hydroxylation sites is 1. The van der Waals surface area contributed by atoms with Crippen LogP contribution in [0.2, 0.25) is 0 Å². The Balaban J connectivity index is 1.79. The Kier molecular flexibility index (Phi) is 5.97. The zero-order valence-corrected chi connectivity index (χ0v) is 14.4. The van der Waals surface area contributed by atoms with Crippen molar-refractivity contribution in [1.29, 1.82) is 0 Å². The van der Waals surface area contributed by atoms with Crippen LogP contribution in [0.4, 0.5) is 28.4 Å². The zero-order chi connectivity index (χ0) is 19.2. The molecule has 0 aliphatic heterocycles. The molecule has 3 rings (SSSR count). The van der Waals surface area contributed by atoms with Crippen LogP contribution in [0.3, 0.4) is 0 Å². The normalized spacial score (nSPS) is 10.9. The number of nitrogens with one attached hydrogen (secondary N) is 2. The van der Waals surface area contributed by atoms with Crippen LogP contribution in [0.15, 0.2) is 53.9 Å². The van der Waals surface area contributed by atoms with Gasteiger partial charge in [0.2, 0.25) is 5.13 Å². The zero-order valence-electron chi connectivity index (χ0n) is 13.5. The number of rotatable bonds is 8. The van der Waals surface area contributed by atoms with Crippen molar-refractivity contribution in [2.24, 2.45) is 0 Å². The van der Waals surface area contributed by atoms with Gasteiger partial charge in [-0.3, -0.25) is 10.9 Å². The van der Waals surface area contributed by atoms with Gasteiger partial charge in [0.25, 0.3) is 0 Å². The lowest BCUT2D eigenvalue weighted by atomic mass is 10.1. The van der Waals surface area contributed by atoms with Crippen LogP contribution in [-0.2, 0) is 0 Å². The van der Waals surface area contributed by atoms with E-state index in [2.05, 4.69) is 25.3 Å². The van der Waals surface area contributed by atoms with Crippen LogP contribution < -0.4 is 20.3 Å². The second-order valence-corrected chi connectivity index (χ2v) is 5.93. The number of ether oxygens (including phenoxy) is 2. The van der Waals surface area contributed by atoms with Crippen LogP contribution in [-0.4, -0.2) is 18.2 Å². The van der Waals surface area contributed by atoms with Crippen molar-refractivity contribution < 1.29 is 27.0 Å². The predicted molar refractivity (Wildman–Crippen MR) is 94.5 cm³/mol. The lowest BCUT2D eigenvalue weighted by Crippen LogP contribution is -2.08. The Morgan fingerprint density at radius 1 is 0.889 bits per heavy atom. The maximum absolute atomic E-state index is 12.7. The summed E-state index contributed by atoms with van der Waals surface area (Å²) in [4.78, 5) is 4.29. The van der Waals surface area contributed by atoms with Gasteiger partial charge in [-0.05, 0) is 24.3 Å². The Morgan fingerprint density at radius 3 is 2.33 bits per heavy atom. The van der Waals surface area contributed by atoms with Crippen molar-refractivity contribution in [3.63, 3.8) is 0 Å². The van der Waals surface area contributed by atoms with Crippen molar-refractivity contribution in [1.82, 2.24) is 4.98 Å². The number of hydrogen-bond donors (Lipinski definition) is 2. The second-order valence-electron chi connectivity index (χ2n) is 5.07. The van der Waals surface area contributed by atoms with Gasteiger partial charge in [-0.2, -0.15) is 17.6 Å². The second kappa shape index (κ2) is 8.58. The van der Waals surface area contributed by atoms with Crippen LogP contribution in [0, 0.1) is 0 Å². The molecule has 0 amide bonds. The predicted octanol–water partition coefficient (Wildman–Crippen LogP) is 5.45. The topological polar surface area (TPSA) is 55.4 Å². The molecule has 0 bridgehead atoms. The van der Waals surface area contributed by atoms with Gasteiger partial charge in [-0.1, -0.05) is 18.2 Å². The lowest BCUT2D eigenvalue weighted by Gasteiger charge is -2.12. The quantitative estimate of drug-likeness (QED) is 0.390. The van der Waals surface area contributed by atoms with E-state index in [4.69, 9.17) is 0 Å². The minimum Gasteiger partial charge on any atom is -0.435 e. The molecular weight excluding hydrogens is 386 g/mol. The first kappa shape index (κ1) is 18.8. The third kappa shape index (κ3) is 5.23. The molecule has 27 heavy (non-hydrogen) atoms. The molecule has 5 nitrogen and oxygen atoms in total. The Labute approximate surface area is 155 Å². The van der Waals surface area contributed by atoms with Gasteiger partial charge in [0.15, 0.2) is 0 Å².